The second-order valence-corrected chi connectivity index (χ2v) is 4.93. The minimum absolute atomic E-state index is 0.0620. The molecule has 0 amide bonds. The van der Waals surface area contributed by atoms with E-state index in [0.717, 1.165) is 30.3 Å². The molecule has 2 aromatic carbocycles. The number of carbonyl (C=O) groups is 2. The molecular formula is C18H12F4O4. The van der Waals surface area contributed by atoms with Crippen molar-refractivity contribution >= 4 is 11.9 Å². The van der Waals surface area contributed by atoms with Crippen LogP contribution in [0.4, 0.5) is 17.6 Å². The Bertz CT molecular complexity index is 893. The molecule has 0 bridgehead atoms. The van der Waals surface area contributed by atoms with E-state index in [1.807, 2.05) is 0 Å². The van der Waals surface area contributed by atoms with Gasteiger partial charge in [-0.25, -0.2) is 13.6 Å². The molecule has 0 aliphatic rings. The zero-order chi connectivity index (χ0) is 19.4. The van der Waals surface area contributed by atoms with Crippen LogP contribution in [0.1, 0.15) is 13.3 Å². The van der Waals surface area contributed by atoms with Gasteiger partial charge in [0.2, 0.25) is 11.6 Å². The van der Waals surface area contributed by atoms with Crippen LogP contribution in [0.3, 0.4) is 0 Å². The highest BCUT2D eigenvalue weighted by Crippen LogP contribution is 2.34. The molecule has 8 heteroatoms. The Labute approximate surface area is 145 Å². The molecule has 2 rings (SSSR count). The number of esters is 2. The molecule has 4 nitrogen and oxygen atoms in total. The van der Waals surface area contributed by atoms with Crippen molar-refractivity contribution in [3.63, 3.8) is 0 Å². The molecule has 0 N–H and O–H groups in total. The maximum absolute atomic E-state index is 14.2. The van der Waals surface area contributed by atoms with Gasteiger partial charge in [-0.2, -0.15) is 8.78 Å². The second kappa shape index (κ2) is 7.81. The molecule has 0 aliphatic carbocycles. The lowest BCUT2D eigenvalue weighted by molar-refractivity contribution is -0.134. The fourth-order valence-electron chi connectivity index (χ4n) is 1.98. The van der Waals surface area contributed by atoms with Crippen LogP contribution < -0.4 is 9.47 Å². The molecular weight excluding hydrogens is 356 g/mol. The Hall–Kier alpha value is -3.16. The Morgan fingerprint density at radius 3 is 1.77 bits per heavy atom. The van der Waals surface area contributed by atoms with Gasteiger partial charge in [-0.3, -0.25) is 4.79 Å². The smallest absolute Gasteiger partial charge is 0.335 e. The van der Waals surface area contributed by atoms with Crippen molar-refractivity contribution in [2.45, 2.75) is 13.3 Å². The van der Waals surface area contributed by atoms with Gasteiger partial charge in [-0.05, 0) is 24.3 Å². The third-order valence-electron chi connectivity index (χ3n) is 3.27. The standard InChI is InChI=1S/C18H12F4O4/c1-3-13(23)25-11-7-5-9(15(19)17(11)21)10-6-8-12(18(22)16(10)20)26-14(24)4-2/h3,5-8H,1,4H2,2H3. The van der Waals surface area contributed by atoms with Crippen molar-refractivity contribution in [1.82, 2.24) is 0 Å². The summed E-state index contributed by atoms with van der Waals surface area (Å²) in [4.78, 5) is 22.2. The highest BCUT2D eigenvalue weighted by molar-refractivity contribution is 5.83. The number of hydrogen-bond donors (Lipinski definition) is 0. The van der Waals surface area contributed by atoms with E-state index >= 15 is 0 Å². The van der Waals surface area contributed by atoms with Crippen molar-refractivity contribution in [2.75, 3.05) is 0 Å². The summed E-state index contributed by atoms with van der Waals surface area (Å²) in [6.45, 7) is 4.57. The summed E-state index contributed by atoms with van der Waals surface area (Å²) in [5.74, 6) is -9.36. The molecule has 0 saturated carbocycles. The summed E-state index contributed by atoms with van der Waals surface area (Å²) in [5.41, 5.74) is -1.21. The van der Waals surface area contributed by atoms with Crippen molar-refractivity contribution in [3.05, 3.63) is 60.2 Å². The van der Waals surface area contributed by atoms with Crippen molar-refractivity contribution < 1.29 is 36.6 Å². The van der Waals surface area contributed by atoms with Gasteiger partial charge in [-0.1, -0.05) is 13.5 Å². The van der Waals surface area contributed by atoms with Gasteiger partial charge in [0.1, 0.15) is 0 Å². The number of benzene rings is 2. The maximum Gasteiger partial charge on any atom is 0.335 e. The zero-order valence-corrected chi connectivity index (χ0v) is 13.4. The van der Waals surface area contributed by atoms with Gasteiger partial charge in [-0.15, -0.1) is 0 Å². The number of rotatable bonds is 5. The van der Waals surface area contributed by atoms with E-state index in [4.69, 9.17) is 0 Å². The highest BCUT2D eigenvalue weighted by atomic mass is 19.2. The first-order valence-electron chi connectivity index (χ1n) is 7.31. The first-order valence-corrected chi connectivity index (χ1v) is 7.31. The van der Waals surface area contributed by atoms with Crippen LogP contribution in [0.15, 0.2) is 36.9 Å². The minimum atomic E-state index is -1.56. The van der Waals surface area contributed by atoms with Crippen LogP contribution in [-0.4, -0.2) is 11.9 Å². The molecule has 0 heterocycles. The van der Waals surface area contributed by atoms with Crippen molar-refractivity contribution in [3.8, 4) is 22.6 Å². The van der Waals surface area contributed by atoms with E-state index in [1.165, 1.54) is 6.92 Å². The molecule has 0 saturated heterocycles. The van der Waals surface area contributed by atoms with E-state index in [1.54, 1.807) is 0 Å². The fraction of sp³-hybridized carbons (Fsp3) is 0.111. The van der Waals surface area contributed by atoms with Gasteiger partial charge in [0.15, 0.2) is 23.1 Å². The van der Waals surface area contributed by atoms with Gasteiger partial charge in [0.25, 0.3) is 0 Å². The lowest BCUT2D eigenvalue weighted by Crippen LogP contribution is -2.08. The largest absolute Gasteiger partial charge is 0.423 e. The number of halogens is 4. The average molecular weight is 368 g/mol. The van der Waals surface area contributed by atoms with Crippen molar-refractivity contribution in [1.29, 1.82) is 0 Å². The van der Waals surface area contributed by atoms with E-state index < -0.39 is 57.8 Å². The molecule has 0 radical (unpaired) electrons. The predicted octanol–water partition coefficient (Wildman–Crippen LogP) is 4.32. The molecule has 26 heavy (non-hydrogen) atoms. The SMILES string of the molecule is C=CC(=O)Oc1ccc(-c2ccc(OC(=O)CC)c(F)c2F)c(F)c1F. The Balaban J connectivity index is 2.47. The fourth-order valence-corrected chi connectivity index (χ4v) is 1.98. The normalized spacial score (nSPS) is 10.3. The highest BCUT2D eigenvalue weighted by Gasteiger charge is 2.23. The van der Waals surface area contributed by atoms with Crippen LogP contribution in [0.5, 0.6) is 11.5 Å². The van der Waals surface area contributed by atoms with E-state index in [2.05, 4.69) is 16.1 Å². The lowest BCUT2D eigenvalue weighted by atomic mass is 10.0. The summed E-state index contributed by atoms with van der Waals surface area (Å²) >= 11 is 0. The molecule has 2 aromatic rings. The third kappa shape index (κ3) is 3.74. The van der Waals surface area contributed by atoms with Gasteiger partial charge < -0.3 is 9.47 Å². The Morgan fingerprint density at radius 2 is 1.35 bits per heavy atom. The molecule has 0 atom stereocenters. The maximum atomic E-state index is 14.2. The number of hydrogen-bond acceptors (Lipinski definition) is 4. The van der Waals surface area contributed by atoms with E-state index in [9.17, 15) is 27.2 Å². The first kappa shape index (κ1) is 19.2. The van der Waals surface area contributed by atoms with Gasteiger partial charge >= 0.3 is 11.9 Å². The van der Waals surface area contributed by atoms with E-state index in [-0.39, 0.29) is 6.42 Å². The summed E-state index contributed by atoms with van der Waals surface area (Å²) < 4.78 is 65.6. The molecule has 0 spiro atoms. The van der Waals surface area contributed by atoms with Crippen LogP contribution in [0, 0.1) is 23.3 Å². The molecule has 0 aliphatic heterocycles. The predicted molar refractivity (Wildman–Crippen MR) is 83.5 cm³/mol. The quantitative estimate of drug-likeness (QED) is 0.341. The molecule has 0 aromatic heterocycles. The Kier molecular flexibility index (Phi) is 5.76. The summed E-state index contributed by atoms with van der Waals surface area (Å²) in [6, 6.07) is 3.66. The summed E-state index contributed by atoms with van der Waals surface area (Å²) in [6.07, 6.45) is 0.685. The van der Waals surface area contributed by atoms with Crippen LogP contribution in [0.2, 0.25) is 0 Å². The van der Waals surface area contributed by atoms with Gasteiger partial charge in [0, 0.05) is 23.6 Å². The minimum Gasteiger partial charge on any atom is -0.423 e. The summed E-state index contributed by atoms with van der Waals surface area (Å²) in [5, 5.41) is 0. The van der Waals surface area contributed by atoms with E-state index in [0.29, 0.717) is 0 Å². The monoisotopic (exact) mass is 368 g/mol. The lowest BCUT2D eigenvalue weighted by Gasteiger charge is -2.11. The zero-order valence-electron chi connectivity index (χ0n) is 13.4. The number of carbonyl (C=O) groups excluding carboxylic acids is 2. The van der Waals surface area contributed by atoms with Crippen LogP contribution in [0.25, 0.3) is 11.1 Å². The number of ether oxygens (including phenoxy) is 2. The molecule has 136 valence electrons. The summed E-state index contributed by atoms with van der Waals surface area (Å²) in [7, 11) is 0. The molecule has 0 unspecified atom stereocenters. The third-order valence-corrected chi connectivity index (χ3v) is 3.27. The topological polar surface area (TPSA) is 52.6 Å². The first-order chi connectivity index (χ1) is 12.3. The van der Waals surface area contributed by atoms with Crippen LogP contribution >= 0.6 is 0 Å². The molecule has 0 fully saturated rings. The Morgan fingerprint density at radius 1 is 0.885 bits per heavy atom. The van der Waals surface area contributed by atoms with Crippen LogP contribution in [-0.2, 0) is 9.59 Å². The van der Waals surface area contributed by atoms with Gasteiger partial charge in [0.05, 0.1) is 0 Å². The van der Waals surface area contributed by atoms with Crippen molar-refractivity contribution in [2.24, 2.45) is 0 Å². The second-order valence-electron chi connectivity index (χ2n) is 4.93. The average Bonchev–Trinajstić information content (AvgIpc) is 2.63.